The fourth-order valence-electron chi connectivity index (χ4n) is 3.51. The van der Waals surface area contributed by atoms with Gasteiger partial charge in [0.05, 0.1) is 30.6 Å². The van der Waals surface area contributed by atoms with Crippen LogP contribution >= 0.6 is 22.9 Å². The summed E-state index contributed by atoms with van der Waals surface area (Å²) in [5.41, 5.74) is 5.68. The molecule has 0 aliphatic heterocycles. The van der Waals surface area contributed by atoms with Crippen LogP contribution < -0.4 is 10.1 Å². The summed E-state index contributed by atoms with van der Waals surface area (Å²) in [6.45, 7) is 4.05. The molecule has 6 nitrogen and oxygen atoms in total. The number of thiazole rings is 1. The van der Waals surface area contributed by atoms with Crippen molar-refractivity contribution in [2.45, 2.75) is 26.7 Å². The molecule has 0 radical (unpaired) electrons. The van der Waals surface area contributed by atoms with Crippen molar-refractivity contribution in [1.82, 2.24) is 14.8 Å². The average molecular weight is 467 g/mol. The highest BCUT2D eigenvalue weighted by Crippen LogP contribution is 2.25. The van der Waals surface area contributed by atoms with Crippen molar-refractivity contribution in [2.75, 3.05) is 12.4 Å². The van der Waals surface area contributed by atoms with Gasteiger partial charge in [0.15, 0.2) is 0 Å². The lowest BCUT2D eigenvalue weighted by Gasteiger charge is -2.09. The van der Waals surface area contributed by atoms with Crippen LogP contribution in [0.5, 0.6) is 5.75 Å². The molecule has 0 saturated heterocycles. The van der Waals surface area contributed by atoms with Crippen molar-refractivity contribution >= 4 is 34.5 Å². The minimum absolute atomic E-state index is 0.150. The standard InChI is InChI=1S/C24H23ClN4O2S/c1-15-20(12-17-8-10-18(25)11-9-17)16(2)29(28-15)24-26-19(14-32-24)13-23(30)27-21-6-4-5-7-22(21)31-3/h4-11,14H,12-13H2,1-3H3,(H,27,30). The Hall–Kier alpha value is -3.16. The highest BCUT2D eigenvalue weighted by atomic mass is 35.5. The SMILES string of the molecule is COc1ccccc1NC(=O)Cc1csc(-n2nc(C)c(Cc3ccc(Cl)cc3)c2C)n1. The molecule has 0 spiro atoms. The van der Waals surface area contributed by atoms with E-state index in [1.54, 1.807) is 19.2 Å². The van der Waals surface area contributed by atoms with Gasteiger partial charge in [0.2, 0.25) is 11.0 Å². The van der Waals surface area contributed by atoms with E-state index in [-0.39, 0.29) is 12.3 Å². The number of anilines is 1. The van der Waals surface area contributed by atoms with Gasteiger partial charge in [-0.15, -0.1) is 11.3 Å². The van der Waals surface area contributed by atoms with Gasteiger partial charge in [0.1, 0.15) is 5.75 Å². The number of benzene rings is 2. The highest BCUT2D eigenvalue weighted by Gasteiger charge is 2.17. The van der Waals surface area contributed by atoms with Crippen LogP contribution in [0.4, 0.5) is 5.69 Å². The molecule has 1 amide bonds. The van der Waals surface area contributed by atoms with E-state index in [0.29, 0.717) is 17.1 Å². The third-order valence-electron chi connectivity index (χ3n) is 5.18. The number of methoxy groups -OCH3 is 1. The van der Waals surface area contributed by atoms with Crippen molar-refractivity contribution < 1.29 is 9.53 Å². The maximum absolute atomic E-state index is 12.5. The van der Waals surface area contributed by atoms with E-state index in [1.807, 2.05) is 60.3 Å². The second-order valence-corrected chi connectivity index (χ2v) is 8.68. The Balaban J connectivity index is 1.48. The number of aromatic nitrogens is 3. The summed E-state index contributed by atoms with van der Waals surface area (Å²) < 4.78 is 7.14. The van der Waals surface area contributed by atoms with E-state index < -0.39 is 0 Å². The van der Waals surface area contributed by atoms with Gasteiger partial charge >= 0.3 is 0 Å². The minimum atomic E-state index is -0.150. The molecule has 2 aromatic heterocycles. The second kappa shape index (κ2) is 9.54. The van der Waals surface area contributed by atoms with Crippen LogP contribution in [0.25, 0.3) is 5.13 Å². The first-order valence-electron chi connectivity index (χ1n) is 10.1. The van der Waals surface area contributed by atoms with E-state index in [2.05, 4.69) is 10.3 Å². The van der Waals surface area contributed by atoms with E-state index in [4.69, 9.17) is 21.4 Å². The monoisotopic (exact) mass is 466 g/mol. The lowest BCUT2D eigenvalue weighted by atomic mass is 10.0. The Labute approximate surface area is 195 Å². The fraction of sp³-hybridized carbons (Fsp3) is 0.208. The molecule has 8 heteroatoms. The number of carbonyl (C=O) groups excluding carboxylic acids is 1. The number of hydrogen-bond donors (Lipinski definition) is 1. The van der Waals surface area contributed by atoms with Crippen LogP contribution in [0.15, 0.2) is 53.9 Å². The van der Waals surface area contributed by atoms with E-state index in [1.165, 1.54) is 16.9 Å². The third kappa shape index (κ3) is 4.84. The first-order valence-corrected chi connectivity index (χ1v) is 11.4. The molecular weight excluding hydrogens is 444 g/mol. The first-order chi connectivity index (χ1) is 15.4. The number of hydrogen-bond acceptors (Lipinski definition) is 5. The zero-order valence-electron chi connectivity index (χ0n) is 18.1. The van der Waals surface area contributed by atoms with Crippen LogP contribution in [0.3, 0.4) is 0 Å². The van der Waals surface area contributed by atoms with Gasteiger partial charge in [-0.2, -0.15) is 5.10 Å². The Morgan fingerprint density at radius 1 is 1.16 bits per heavy atom. The average Bonchev–Trinajstić information content (AvgIpc) is 3.35. The van der Waals surface area contributed by atoms with Gasteiger partial charge in [-0.3, -0.25) is 4.79 Å². The number of carbonyl (C=O) groups is 1. The van der Waals surface area contributed by atoms with Crippen molar-refractivity contribution in [3.63, 3.8) is 0 Å². The predicted molar refractivity (Wildman–Crippen MR) is 128 cm³/mol. The van der Waals surface area contributed by atoms with E-state index in [9.17, 15) is 4.79 Å². The Bertz CT molecular complexity index is 1250. The maximum atomic E-state index is 12.5. The second-order valence-electron chi connectivity index (χ2n) is 7.41. The zero-order chi connectivity index (χ0) is 22.7. The molecule has 0 aliphatic carbocycles. The molecule has 0 saturated carbocycles. The summed E-state index contributed by atoms with van der Waals surface area (Å²) in [5.74, 6) is 0.471. The molecule has 2 heterocycles. The molecule has 0 bridgehead atoms. The molecular formula is C24H23ClN4O2S. The zero-order valence-corrected chi connectivity index (χ0v) is 19.6. The molecule has 0 unspecified atom stereocenters. The molecule has 2 aromatic carbocycles. The summed E-state index contributed by atoms with van der Waals surface area (Å²) in [6, 6.07) is 15.2. The van der Waals surface area contributed by atoms with E-state index in [0.717, 1.165) is 33.5 Å². The number of rotatable bonds is 7. The molecule has 0 aliphatic rings. The summed E-state index contributed by atoms with van der Waals surface area (Å²) in [7, 11) is 1.58. The Morgan fingerprint density at radius 3 is 2.66 bits per heavy atom. The van der Waals surface area contributed by atoms with E-state index >= 15 is 0 Å². The molecule has 1 N–H and O–H groups in total. The quantitative estimate of drug-likeness (QED) is 0.397. The van der Waals surface area contributed by atoms with Gasteiger partial charge in [-0.25, -0.2) is 9.67 Å². The number of ether oxygens (including phenoxy) is 1. The summed E-state index contributed by atoms with van der Waals surface area (Å²) in [5, 5.41) is 10.9. The number of para-hydroxylation sites is 2. The van der Waals surface area contributed by atoms with Gasteiger partial charge in [0, 0.05) is 28.1 Å². The fourth-order valence-corrected chi connectivity index (χ4v) is 4.46. The lowest BCUT2D eigenvalue weighted by molar-refractivity contribution is -0.115. The van der Waals surface area contributed by atoms with Gasteiger partial charge < -0.3 is 10.1 Å². The van der Waals surface area contributed by atoms with Gasteiger partial charge in [0.25, 0.3) is 0 Å². The molecule has 0 atom stereocenters. The van der Waals surface area contributed by atoms with Crippen LogP contribution in [0.1, 0.15) is 28.2 Å². The topological polar surface area (TPSA) is 69.0 Å². The normalized spacial score (nSPS) is 10.9. The Morgan fingerprint density at radius 2 is 1.91 bits per heavy atom. The maximum Gasteiger partial charge on any atom is 0.230 e. The van der Waals surface area contributed by atoms with Crippen molar-refractivity contribution in [3.05, 3.63) is 87.1 Å². The van der Waals surface area contributed by atoms with Crippen LogP contribution in [0, 0.1) is 13.8 Å². The lowest BCUT2D eigenvalue weighted by Crippen LogP contribution is -2.15. The first kappa shape index (κ1) is 22.0. The number of nitrogens with zero attached hydrogens (tertiary/aromatic N) is 3. The number of halogens is 1. The third-order valence-corrected chi connectivity index (χ3v) is 6.30. The molecule has 4 aromatic rings. The largest absolute Gasteiger partial charge is 0.495 e. The number of amides is 1. The van der Waals surface area contributed by atoms with Crippen molar-refractivity contribution in [2.24, 2.45) is 0 Å². The molecule has 32 heavy (non-hydrogen) atoms. The van der Waals surface area contributed by atoms with Crippen LogP contribution in [0.2, 0.25) is 5.02 Å². The summed E-state index contributed by atoms with van der Waals surface area (Å²) in [4.78, 5) is 17.2. The van der Waals surface area contributed by atoms with Gasteiger partial charge in [-0.05, 0) is 43.7 Å². The summed E-state index contributed by atoms with van der Waals surface area (Å²) >= 11 is 7.47. The molecule has 4 rings (SSSR count). The van der Waals surface area contributed by atoms with Crippen LogP contribution in [-0.4, -0.2) is 27.8 Å². The van der Waals surface area contributed by atoms with Crippen molar-refractivity contribution in [3.8, 4) is 10.9 Å². The number of nitrogens with one attached hydrogen (secondary N) is 1. The predicted octanol–water partition coefficient (Wildman–Crippen LogP) is 5.38. The molecule has 164 valence electrons. The number of aryl methyl sites for hydroxylation is 1. The van der Waals surface area contributed by atoms with Crippen molar-refractivity contribution in [1.29, 1.82) is 0 Å². The summed E-state index contributed by atoms with van der Waals surface area (Å²) in [6.07, 6.45) is 0.944. The minimum Gasteiger partial charge on any atom is -0.495 e. The van der Waals surface area contributed by atoms with Crippen LogP contribution in [-0.2, 0) is 17.6 Å². The van der Waals surface area contributed by atoms with Gasteiger partial charge in [-0.1, -0.05) is 35.9 Å². The smallest absolute Gasteiger partial charge is 0.230 e. The molecule has 0 fully saturated rings. The Kier molecular flexibility index (Phi) is 6.58. The highest BCUT2D eigenvalue weighted by molar-refractivity contribution is 7.12.